The molecular formula is C31H27BN2. The summed E-state index contributed by atoms with van der Waals surface area (Å²) < 4.78 is 0. The molecule has 4 aromatic carbocycles. The molecule has 0 saturated heterocycles. The van der Waals surface area contributed by atoms with Gasteiger partial charge in [0.25, 0.3) is 0 Å². The summed E-state index contributed by atoms with van der Waals surface area (Å²) in [6, 6.07) is 28.9. The van der Waals surface area contributed by atoms with E-state index in [1.165, 1.54) is 61.3 Å². The van der Waals surface area contributed by atoms with Crippen LogP contribution in [0.4, 0.5) is 17.1 Å². The number of rotatable bonds is 1. The lowest BCUT2D eigenvalue weighted by atomic mass is 9.30. The predicted octanol–water partition coefficient (Wildman–Crippen LogP) is 5.42. The van der Waals surface area contributed by atoms with Crippen LogP contribution in [0.1, 0.15) is 47.2 Å². The number of hydrogen-bond donors (Lipinski definition) is 0. The molecule has 0 aromatic heterocycles. The fourth-order valence-corrected chi connectivity index (χ4v) is 6.30. The van der Waals surface area contributed by atoms with Crippen LogP contribution in [-0.2, 0) is 5.41 Å². The number of anilines is 3. The molecule has 2 aliphatic heterocycles. The lowest BCUT2D eigenvalue weighted by Gasteiger charge is -2.46. The summed E-state index contributed by atoms with van der Waals surface area (Å²) in [6.07, 6.45) is 0. The Bertz CT molecular complexity index is 1520. The van der Waals surface area contributed by atoms with Gasteiger partial charge in [-0.1, -0.05) is 66.8 Å². The molecule has 0 N–H and O–H groups in total. The van der Waals surface area contributed by atoms with Crippen molar-refractivity contribution in [3.63, 3.8) is 0 Å². The molecule has 0 aliphatic carbocycles. The van der Waals surface area contributed by atoms with Gasteiger partial charge in [-0.15, -0.1) is 0 Å². The molecular weight excluding hydrogens is 411 g/mol. The molecule has 3 heteroatoms. The van der Waals surface area contributed by atoms with Crippen molar-refractivity contribution in [3.8, 4) is 6.07 Å². The first-order valence-corrected chi connectivity index (χ1v) is 12.0. The third-order valence-corrected chi connectivity index (χ3v) is 7.78. The first-order valence-electron chi connectivity index (χ1n) is 12.0. The maximum atomic E-state index is 9.73. The molecule has 2 aliphatic rings. The third kappa shape index (κ3) is 2.75. The van der Waals surface area contributed by atoms with E-state index < -0.39 is 0 Å². The lowest BCUT2D eigenvalue weighted by Crippen LogP contribution is -2.64. The molecule has 4 aromatic rings. The highest BCUT2D eigenvalue weighted by Crippen LogP contribution is 2.43. The summed E-state index contributed by atoms with van der Waals surface area (Å²) in [5.41, 5.74) is 14.7. The Hall–Kier alpha value is -3.77. The second-order valence-corrected chi connectivity index (χ2v) is 10.4. The summed E-state index contributed by atoms with van der Waals surface area (Å²) in [6.45, 7) is 11.3. The Balaban J connectivity index is 1.76. The Kier molecular flexibility index (Phi) is 4.36. The van der Waals surface area contributed by atoms with Crippen LogP contribution in [0.2, 0.25) is 0 Å². The highest BCUT2D eigenvalue weighted by Gasteiger charge is 2.46. The number of benzene rings is 4. The maximum Gasteiger partial charge on any atom is 0.247 e. The van der Waals surface area contributed by atoms with E-state index in [0.717, 1.165) is 5.56 Å². The number of fused-ring (bicyclic) bond motifs is 4. The van der Waals surface area contributed by atoms with Crippen molar-refractivity contribution >= 4 is 40.2 Å². The number of nitrogens with zero attached hydrogens (tertiary/aromatic N) is 2. The Morgan fingerprint density at radius 1 is 0.765 bits per heavy atom. The van der Waals surface area contributed by atoms with E-state index in [4.69, 9.17) is 0 Å². The van der Waals surface area contributed by atoms with Crippen LogP contribution in [0.15, 0.2) is 72.8 Å². The fraction of sp³-hybridized carbons (Fsp3) is 0.194. The van der Waals surface area contributed by atoms with E-state index >= 15 is 0 Å². The molecule has 0 radical (unpaired) electrons. The van der Waals surface area contributed by atoms with Gasteiger partial charge in [0, 0.05) is 22.5 Å². The second-order valence-electron chi connectivity index (χ2n) is 10.4. The van der Waals surface area contributed by atoms with Gasteiger partial charge in [0.1, 0.15) is 0 Å². The Morgan fingerprint density at radius 2 is 1.47 bits per heavy atom. The molecule has 6 rings (SSSR count). The molecule has 0 amide bonds. The maximum absolute atomic E-state index is 9.73. The monoisotopic (exact) mass is 438 g/mol. The molecule has 164 valence electrons. The zero-order valence-electron chi connectivity index (χ0n) is 20.4. The van der Waals surface area contributed by atoms with Crippen molar-refractivity contribution in [2.45, 2.75) is 40.0 Å². The highest BCUT2D eigenvalue weighted by atomic mass is 15.1. The van der Waals surface area contributed by atoms with Crippen LogP contribution in [0.3, 0.4) is 0 Å². The van der Waals surface area contributed by atoms with Gasteiger partial charge in [0.15, 0.2) is 0 Å². The molecule has 0 atom stereocenters. The van der Waals surface area contributed by atoms with E-state index in [1.807, 2.05) is 6.07 Å². The van der Waals surface area contributed by atoms with Gasteiger partial charge in [0.05, 0.1) is 11.6 Å². The van der Waals surface area contributed by atoms with Crippen molar-refractivity contribution in [2.24, 2.45) is 0 Å². The van der Waals surface area contributed by atoms with Gasteiger partial charge in [0.2, 0.25) is 6.71 Å². The van der Waals surface area contributed by atoms with Crippen molar-refractivity contribution in [2.75, 3.05) is 4.90 Å². The Morgan fingerprint density at radius 3 is 2.21 bits per heavy atom. The zero-order valence-corrected chi connectivity index (χ0v) is 20.4. The SMILES string of the molecule is Cc1ccc(N2c3ccc(C)cc3B3c4cc(C#N)ccc4C(C)(C)c4c(C)ccc2c43)cc1. The summed E-state index contributed by atoms with van der Waals surface area (Å²) in [7, 11) is 0. The summed E-state index contributed by atoms with van der Waals surface area (Å²) in [5, 5.41) is 9.73. The average Bonchev–Trinajstić information content (AvgIpc) is 2.82. The van der Waals surface area contributed by atoms with Gasteiger partial charge >= 0.3 is 0 Å². The molecule has 0 unspecified atom stereocenters. The average molecular weight is 438 g/mol. The van der Waals surface area contributed by atoms with Gasteiger partial charge in [-0.2, -0.15) is 5.26 Å². The van der Waals surface area contributed by atoms with Crippen LogP contribution >= 0.6 is 0 Å². The standard InChI is InChI=1S/C31H27BN2/c1-19-6-11-23(12-7-19)34-27-14-8-20(2)16-26(27)32-25-17-22(18-33)10-13-24(25)31(4,5)29-21(3)9-15-28(34)30(29)32/h6-17H,1-5H3. The molecule has 0 spiro atoms. The first-order chi connectivity index (χ1) is 16.3. The van der Waals surface area contributed by atoms with E-state index in [9.17, 15) is 5.26 Å². The largest absolute Gasteiger partial charge is 0.312 e. The van der Waals surface area contributed by atoms with E-state index in [0.29, 0.717) is 0 Å². The van der Waals surface area contributed by atoms with Gasteiger partial charge < -0.3 is 4.90 Å². The van der Waals surface area contributed by atoms with E-state index in [1.54, 1.807) is 0 Å². The van der Waals surface area contributed by atoms with Crippen molar-refractivity contribution in [3.05, 3.63) is 106 Å². The van der Waals surface area contributed by atoms with E-state index in [-0.39, 0.29) is 12.1 Å². The topological polar surface area (TPSA) is 27.0 Å². The summed E-state index contributed by atoms with van der Waals surface area (Å²) >= 11 is 0. The van der Waals surface area contributed by atoms with Crippen LogP contribution in [0.5, 0.6) is 0 Å². The Labute approximate surface area is 202 Å². The second kappa shape index (κ2) is 7.11. The minimum atomic E-state index is -0.157. The van der Waals surface area contributed by atoms with Gasteiger partial charge in [-0.25, -0.2) is 0 Å². The molecule has 2 heterocycles. The number of nitriles is 1. The first kappa shape index (κ1) is 20.8. The minimum Gasteiger partial charge on any atom is -0.312 e. The molecule has 0 saturated carbocycles. The molecule has 2 nitrogen and oxygen atoms in total. The van der Waals surface area contributed by atoms with Gasteiger partial charge in [-0.3, -0.25) is 0 Å². The number of aryl methyl sites for hydroxylation is 3. The van der Waals surface area contributed by atoms with Crippen LogP contribution in [0.25, 0.3) is 0 Å². The summed E-state index contributed by atoms with van der Waals surface area (Å²) in [4.78, 5) is 2.43. The number of hydrogen-bond acceptors (Lipinski definition) is 2. The van der Waals surface area contributed by atoms with Crippen molar-refractivity contribution in [1.29, 1.82) is 5.26 Å². The molecule has 34 heavy (non-hydrogen) atoms. The quantitative estimate of drug-likeness (QED) is 0.327. The van der Waals surface area contributed by atoms with E-state index in [2.05, 4.69) is 112 Å². The smallest absolute Gasteiger partial charge is 0.247 e. The lowest BCUT2D eigenvalue weighted by molar-refractivity contribution is 0.641. The van der Waals surface area contributed by atoms with Crippen LogP contribution in [-0.4, -0.2) is 6.71 Å². The zero-order chi connectivity index (χ0) is 23.8. The summed E-state index contributed by atoms with van der Waals surface area (Å²) in [5.74, 6) is 0. The van der Waals surface area contributed by atoms with Crippen molar-refractivity contribution < 1.29 is 0 Å². The predicted molar refractivity (Wildman–Crippen MR) is 143 cm³/mol. The van der Waals surface area contributed by atoms with Crippen LogP contribution in [0, 0.1) is 32.1 Å². The normalized spacial score (nSPS) is 14.7. The highest BCUT2D eigenvalue weighted by molar-refractivity contribution is 6.99. The van der Waals surface area contributed by atoms with Crippen molar-refractivity contribution in [1.82, 2.24) is 0 Å². The molecule has 0 bridgehead atoms. The molecule has 0 fully saturated rings. The minimum absolute atomic E-state index is 0.109. The fourth-order valence-electron chi connectivity index (χ4n) is 6.30. The van der Waals surface area contributed by atoms with Gasteiger partial charge in [-0.05, 0) is 84.8 Å². The van der Waals surface area contributed by atoms with Crippen LogP contribution < -0.4 is 21.3 Å². The third-order valence-electron chi connectivity index (χ3n) is 7.78.